The lowest BCUT2D eigenvalue weighted by Crippen LogP contribution is -2.30. The topological polar surface area (TPSA) is 38.8 Å². The van der Waals surface area contributed by atoms with Gasteiger partial charge in [0.05, 0.1) is 0 Å². The fraction of sp³-hybridized carbons (Fsp3) is 0.381. The minimum atomic E-state index is 0.0248. The lowest BCUT2D eigenvalue weighted by atomic mass is 10.1. The number of carbonyl (C=O) groups is 1. The smallest absolute Gasteiger partial charge is 0.255 e. The zero-order chi connectivity index (χ0) is 17.9. The van der Waals surface area contributed by atoms with Gasteiger partial charge in [-0.25, -0.2) is 0 Å². The van der Waals surface area contributed by atoms with Crippen LogP contribution in [0.4, 0.5) is 0 Å². The van der Waals surface area contributed by atoms with Gasteiger partial charge in [-0.2, -0.15) is 0 Å². The van der Waals surface area contributed by atoms with Gasteiger partial charge in [-0.05, 0) is 48.2 Å². The zero-order valence-electron chi connectivity index (χ0n) is 14.9. The molecule has 4 rings (SSSR count). The van der Waals surface area contributed by atoms with E-state index in [-0.39, 0.29) is 18.1 Å². The molecule has 1 unspecified atom stereocenters. The molecule has 1 atom stereocenters. The second-order valence-corrected chi connectivity index (χ2v) is 7.82. The van der Waals surface area contributed by atoms with Gasteiger partial charge in [0.15, 0.2) is 11.5 Å². The van der Waals surface area contributed by atoms with Crippen molar-refractivity contribution in [1.82, 2.24) is 4.90 Å². The minimum absolute atomic E-state index is 0.0248. The van der Waals surface area contributed by atoms with Gasteiger partial charge in [-0.1, -0.05) is 31.5 Å². The summed E-state index contributed by atoms with van der Waals surface area (Å²) in [5, 5.41) is 0.0248. The Morgan fingerprint density at radius 2 is 1.96 bits per heavy atom. The molecule has 2 aromatic rings. The maximum Gasteiger partial charge on any atom is 0.255 e. The summed E-state index contributed by atoms with van der Waals surface area (Å²) in [6, 6.07) is 14.1. The van der Waals surface area contributed by atoms with Crippen molar-refractivity contribution < 1.29 is 14.3 Å². The van der Waals surface area contributed by atoms with Crippen LogP contribution >= 0.6 is 11.8 Å². The maximum absolute atomic E-state index is 13.0. The first kappa shape index (κ1) is 17.3. The third kappa shape index (κ3) is 3.40. The summed E-state index contributed by atoms with van der Waals surface area (Å²) >= 11 is 1.79. The van der Waals surface area contributed by atoms with Gasteiger partial charge < -0.3 is 14.4 Å². The van der Waals surface area contributed by atoms with Crippen LogP contribution in [-0.2, 0) is 6.42 Å². The normalized spacial score (nSPS) is 18.3. The monoisotopic (exact) mass is 369 g/mol. The number of carbonyl (C=O) groups excluding carboxylic acids is 1. The maximum atomic E-state index is 13.0. The first-order chi connectivity index (χ1) is 12.8. The largest absolute Gasteiger partial charge is 0.454 e. The quantitative estimate of drug-likeness (QED) is 0.769. The molecular formula is C21H23NO3S. The predicted molar refractivity (Wildman–Crippen MR) is 104 cm³/mol. The summed E-state index contributed by atoms with van der Waals surface area (Å²) in [5.74, 6) is 2.58. The molecule has 136 valence electrons. The van der Waals surface area contributed by atoms with Crippen LogP contribution in [0.2, 0.25) is 0 Å². The minimum Gasteiger partial charge on any atom is -0.454 e. The van der Waals surface area contributed by atoms with E-state index >= 15 is 0 Å². The van der Waals surface area contributed by atoms with E-state index in [1.165, 1.54) is 18.4 Å². The second-order valence-electron chi connectivity index (χ2n) is 6.63. The number of rotatable bonds is 5. The fourth-order valence-corrected chi connectivity index (χ4v) is 4.63. The molecule has 0 aromatic heterocycles. The van der Waals surface area contributed by atoms with E-state index in [1.807, 2.05) is 35.2 Å². The van der Waals surface area contributed by atoms with Gasteiger partial charge in [-0.15, -0.1) is 11.8 Å². The van der Waals surface area contributed by atoms with Gasteiger partial charge in [0.2, 0.25) is 6.79 Å². The molecule has 4 nitrogen and oxygen atoms in total. The van der Waals surface area contributed by atoms with Crippen LogP contribution < -0.4 is 9.47 Å². The van der Waals surface area contributed by atoms with Gasteiger partial charge in [-0.3, -0.25) is 4.79 Å². The summed E-state index contributed by atoms with van der Waals surface area (Å²) in [6.07, 6.45) is 3.44. The molecule has 2 aliphatic heterocycles. The van der Waals surface area contributed by atoms with Crippen molar-refractivity contribution in [2.75, 3.05) is 19.1 Å². The number of hydrogen-bond donors (Lipinski definition) is 0. The van der Waals surface area contributed by atoms with Crippen LogP contribution in [0.15, 0.2) is 42.5 Å². The molecule has 2 heterocycles. The van der Waals surface area contributed by atoms with Crippen LogP contribution in [0.5, 0.6) is 11.5 Å². The number of aryl methyl sites for hydroxylation is 1. The standard InChI is InChI=1S/C21H23NO3S/c1-2-3-4-15-5-7-16(8-6-15)20(23)22-11-12-26-21(22)17-9-10-18-19(13-17)25-14-24-18/h5-10,13,21H,2-4,11-12,14H2,1H3. The molecule has 2 aliphatic rings. The van der Waals surface area contributed by atoms with Crippen molar-refractivity contribution in [1.29, 1.82) is 0 Å². The number of thioether (sulfide) groups is 1. The molecule has 0 N–H and O–H groups in total. The van der Waals surface area contributed by atoms with E-state index in [2.05, 4.69) is 19.1 Å². The number of nitrogens with zero attached hydrogens (tertiary/aromatic N) is 1. The molecule has 0 aliphatic carbocycles. The lowest BCUT2D eigenvalue weighted by molar-refractivity contribution is 0.0760. The number of ether oxygens (including phenoxy) is 2. The zero-order valence-corrected chi connectivity index (χ0v) is 15.8. The molecule has 2 aromatic carbocycles. The Morgan fingerprint density at radius 3 is 2.77 bits per heavy atom. The SMILES string of the molecule is CCCCc1ccc(C(=O)N2CCSC2c2ccc3c(c2)OCO3)cc1. The fourth-order valence-electron chi connectivity index (χ4n) is 3.38. The highest BCUT2D eigenvalue weighted by Gasteiger charge is 2.32. The Bertz CT molecular complexity index is 790. The molecule has 1 saturated heterocycles. The average molecular weight is 369 g/mol. The predicted octanol–water partition coefficient (Wildman–Crippen LogP) is 4.65. The lowest BCUT2D eigenvalue weighted by Gasteiger charge is -2.24. The summed E-state index contributed by atoms with van der Waals surface area (Å²) in [5.41, 5.74) is 3.15. The molecule has 5 heteroatoms. The van der Waals surface area contributed by atoms with Crippen molar-refractivity contribution in [3.63, 3.8) is 0 Å². The third-order valence-electron chi connectivity index (χ3n) is 4.85. The number of hydrogen-bond acceptors (Lipinski definition) is 4. The summed E-state index contributed by atoms with van der Waals surface area (Å²) < 4.78 is 10.9. The van der Waals surface area contributed by atoms with E-state index < -0.39 is 0 Å². The van der Waals surface area contributed by atoms with E-state index in [0.717, 1.165) is 41.3 Å². The van der Waals surface area contributed by atoms with Crippen LogP contribution in [-0.4, -0.2) is 29.9 Å². The Kier molecular flexibility index (Phi) is 5.07. The van der Waals surface area contributed by atoms with E-state index in [9.17, 15) is 4.79 Å². The number of unbranched alkanes of at least 4 members (excludes halogenated alkanes) is 1. The highest BCUT2D eigenvalue weighted by atomic mass is 32.2. The third-order valence-corrected chi connectivity index (χ3v) is 6.11. The Labute approximate surface area is 158 Å². The number of benzene rings is 2. The van der Waals surface area contributed by atoms with E-state index in [4.69, 9.17) is 9.47 Å². The second kappa shape index (κ2) is 7.62. The van der Waals surface area contributed by atoms with E-state index in [1.54, 1.807) is 11.8 Å². The molecule has 0 bridgehead atoms. The van der Waals surface area contributed by atoms with Gasteiger partial charge >= 0.3 is 0 Å². The molecule has 0 radical (unpaired) electrons. The highest BCUT2D eigenvalue weighted by molar-refractivity contribution is 7.99. The van der Waals surface area contributed by atoms with Crippen LogP contribution in [0.25, 0.3) is 0 Å². The number of fused-ring (bicyclic) bond motifs is 1. The van der Waals surface area contributed by atoms with Crippen molar-refractivity contribution in [3.8, 4) is 11.5 Å². The van der Waals surface area contributed by atoms with Gasteiger partial charge in [0.25, 0.3) is 5.91 Å². The number of amides is 1. The van der Waals surface area contributed by atoms with Gasteiger partial charge in [0, 0.05) is 17.9 Å². The Morgan fingerprint density at radius 1 is 1.15 bits per heavy atom. The Hall–Kier alpha value is -2.14. The molecule has 1 amide bonds. The molecule has 1 fully saturated rings. The van der Waals surface area contributed by atoms with E-state index in [0.29, 0.717) is 0 Å². The Balaban J connectivity index is 1.51. The summed E-state index contributed by atoms with van der Waals surface area (Å²) in [6.45, 7) is 3.23. The first-order valence-electron chi connectivity index (χ1n) is 9.17. The van der Waals surface area contributed by atoms with Crippen molar-refractivity contribution >= 4 is 17.7 Å². The summed E-state index contributed by atoms with van der Waals surface area (Å²) in [4.78, 5) is 15.0. The van der Waals surface area contributed by atoms with Crippen molar-refractivity contribution in [2.24, 2.45) is 0 Å². The molecular weight excluding hydrogens is 346 g/mol. The first-order valence-corrected chi connectivity index (χ1v) is 10.2. The summed E-state index contributed by atoms with van der Waals surface area (Å²) in [7, 11) is 0. The molecule has 0 spiro atoms. The average Bonchev–Trinajstić information content (AvgIpc) is 3.34. The molecule has 0 saturated carbocycles. The highest BCUT2D eigenvalue weighted by Crippen LogP contribution is 2.42. The van der Waals surface area contributed by atoms with Crippen LogP contribution in [0.3, 0.4) is 0 Å². The molecule has 26 heavy (non-hydrogen) atoms. The van der Waals surface area contributed by atoms with Crippen LogP contribution in [0.1, 0.15) is 46.6 Å². The van der Waals surface area contributed by atoms with Crippen molar-refractivity contribution in [2.45, 2.75) is 31.6 Å². The van der Waals surface area contributed by atoms with Crippen LogP contribution in [0, 0.1) is 0 Å². The van der Waals surface area contributed by atoms with Gasteiger partial charge in [0.1, 0.15) is 5.37 Å². The van der Waals surface area contributed by atoms with Crippen molar-refractivity contribution in [3.05, 3.63) is 59.2 Å².